The average molecular weight is 242 g/mol. The molecule has 2 aromatic heterocycles. The summed E-state index contributed by atoms with van der Waals surface area (Å²) in [5, 5.41) is 1.20. The van der Waals surface area contributed by atoms with Gasteiger partial charge in [-0.15, -0.1) is 0 Å². The highest BCUT2D eigenvalue weighted by Crippen LogP contribution is 2.29. The maximum atomic E-state index is 5.78. The number of H-pyrrole nitrogens is 1. The zero-order chi connectivity index (χ0) is 12.9. The van der Waals surface area contributed by atoms with Crippen LogP contribution in [0.2, 0.25) is 0 Å². The third-order valence-corrected chi connectivity index (χ3v) is 3.31. The van der Waals surface area contributed by atoms with Crippen LogP contribution in [0.1, 0.15) is 51.1 Å². The van der Waals surface area contributed by atoms with Gasteiger partial charge in [-0.25, -0.2) is 4.98 Å². The Labute approximate surface area is 106 Å². The average Bonchev–Trinajstić information content (AvgIpc) is 2.91. The fourth-order valence-corrected chi connectivity index (χ4v) is 2.18. The fraction of sp³-hybridized carbons (Fsp3) is 0.400. The van der Waals surface area contributed by atoms with Gasteiger partial charge < -0.3 is 9.40 Å². The summed E-state index contributed by atoms with van der Waals surface area (Å²) in [7, 11) is 0. The number of aromatic nitrogens is 2. The van der Waals surface area contributed by atoms with Crippen LogP contribution in [0.5, 0.6) is 0 Å². The number of nitrogens with zero attached hydrogens (tertiary/aromatic N) is 1. The molecule has 0 fully saturated rings. The SMILES string of the molecule is CC(C)c1cc2ccc3oc(C(C)C)nc3c2[nH]1. The zero-order valence-corrected chi connectivity index (χ0v) is 11.2. The van der Waals surface area contributed by atoms with Crippen molar-refractivity contribution in [2.75, 3.05) is 0 Å². The lowest BCUT2D eigenvalue weighted by molar-refractivity contribution is 0.501. The predicted octanol–water partition coefficient (Wildman–Crippen LogP) is 4.56. The van der Waals surface area contributed by atoms with Crippen LogP contribution in [0, 0.1) is 0 Å². The Bertz CT molecular complexity index is 642. The molecule has 0 spiro atoms. The smallest absolute Gasteiger partial charge is 0.198 e. The Morgan fingerprint density at radius 1 is 1.11 bits per heavy atom. The highest BCUT2D eigenvalue weighted by atomic mass is 16.3. The third kappa shape index (κ3) is 1.62. The normalized spacial score (nSPS) is 12.3. The van der Waals surface area contributed by atoms with Gasteiger partial charge in [-0.1, -0.05) is 27.7 Å². The number of hydrogen-bond donors (Lipinski definition) is 1. The first-order valence-corrected chi connectivity index (χ1v) is 6.48. The summed E-state index contributed by atoms with van der Waals surface area (Å²) in [5.74, 6) is 1.61. The Hall–Kier alpha value is -1.77. The number of oxazole rings is 1. The Morgan fingerprint density at radius 3 is 2.56 bits per heavy atom. The Kier molecular flexibility index (Phi) is 2.44. The largest absolute Gasteiger partial charge is 0.440 e. The fourth-order valence-electron chi connectivity index (χ4n) is 2.18. The lowest BCUT2D eigenvalue weighted by Crippen LogP contribution is -1.86. The van der Waals surface area contributed by atoms with Gasteiger partial charge in [0, 0.05) is 17.0 Å². The van der Waals surface area contributed by atoms with E-state index in [-0.39, 0.29) is 0 Å². The predicted molar refractivity (Wildman–Crippen MR) is 74.0 cm³/mol. The van der Waals surface area contributed by atoms with Crippen molar-refractivity contribution in [3.63, 3.8) is 0 Å². The molecule has 3 heteroatoms. The molecule has 3 nitrogen and oxygen atoms in total. The topological polar surface area (TPSA) is 41.8 Å². The molecule has 0 radical (unpaired) electrons. The second kappa shape index (κ2) is 3.87. The van der Waals surface area contributed by atoms with E-state index in [0.717, 1.165) is 22.5 Å². The van der Waals surface area contributed by atoms with Crippen LogP contribution in [0.25, 0.3) is 22.0 Å². The van der Waals surface area contributed by atoms with Gasteiger partial charge in [0.25, 0.3) is 0 Å². The van der Waals surface area contributed by atoms with Crippen molar-refractivity contribution in [3.05, 3.63) is 29.8 Å². The first kappa shape index (κ1) is 11.3. The van der Waals surface area contributed by atoms with Crippen LogP contribution >= 0.6 is 0 Å². The quantitative estimate of drug-likeness (QED) is 0.716. The molecule has 0 aliphatic heterocycles. The zero-order valence-electron chi connectivity index (χ0n) is 11.2. The maximum absolute atomic E-state index is 5.78. The summed E-state index contributed by atoms with van der Waals surface area (Å²) >= 11 is 0. The molecule has 0 saturated heterocycles. The van der Waals surface area contributed by atoms with Gasteiger partial charge in [0.05, 0.1) is 5.52 Å². The maximum Gasteiger partial charge on any atom is 0.198 e. The van der Waals surface area contributed by atoms with E-state index in [0.29, 0.717) is 11.8 Å². The minimum Gasteiger partial charge on any atom is -0.440 e. The van der Waals surface area contributed by atoms with Gasteiger partial charge in [-0.2, -0.15) is 0 Å². The minimum absolute atomic E-state index is 0.312. The van der Waals surface area contributed by atoms with Gasteiger partial charge >= 0.3 is 0 Å². The molecule has 3 aromatic rings. The first-order chi connectivity index (χ1) is 8.56. The third-order valence-electron chi connectivity index (χ3n) is 3.31. The molecule has 0 aliphatic rings. The van der Waals surface area contributed by atoms with E-state index in [1.165, 1.54) is 11.1 Å². The number of aromatic amines is 1. The molecule has 94 valence electrons. The molecule has 0 unspecified atom stereocenters. The van der Waals surface area contributed by atoms with Crippen molar-refractivity contribution >= 4 is 22.0 Å². The molecule has 18 heavy (non-hydrogen) atoms. The van der Waals surface area contributed by atoms with Crippen LogP contribution in [-0.4, -0.2) is 9.97 Å². The summed E-state index contributed by atoms with van der Waals surface area (Å²) in [4.78, 5) is 8.08. The molecule has 3 rings (SSSR count). The number of fused-ring (bicyclic) bond motifs is 3. The molecule has 0 saturated carbocycles. The lowest BCUT2D eigenvalue weighted by Gasteiger charge is -1.97. The summed E-state index contributed by atoms with van der Waals surface area (Å²) in [5.41, 5.74) is 4.14. The molecule has 0 aliphatic carbocycles. The Balaban J connectivity index is 2.30. The first-order valence-electron chi connectivity index (χ1n) is 6.48. The molecule has 2 heterocycles. The number of benzene rings is 1. The second-order valence-corrected chi connectivity index (χ2v) is 5.46. The van der Waals surface area contributed by atoms with Crippen molar-refractivity contribution < 1.29 is 4.42 Å². The van der Waals surface area contributed by atoms with E-state index in [1.807, 2.05) is 6.07 Å². The number of hydrogen-bond acceptors (Lipinski definition) is 2. The summed E-state index contributed by atoms with van der Waals surface area (Å²) in [6.45, 7) is 8.56. The van der Waals surface area contributed by atoms with E-state index < -0.39 is 0 Å². The molecule has 0 bridgehead atoms. The highest BCUT2D eigenvalue weighted by Gasteiger charge is 2.14. The van der Waals surface area contributed by atoms with E-state index >= 15 is 0 Å². The monoisotopic (exact) mass is 242 g/mol. The van der Waals surface area contributed by atoms with Crippen molar-refractivity contribution in [1.82, 2.24) is 9.97 Å². The standard InChI is InChI=1S/C15H18N2O/c1-8(2)11-7-10-5-6-12-14(13(10)16-11)17-15(18-12)9(3)4/h5-9,16H,1-4H3. The second-order valence-electron chi connectivity index (χ2n) is 5.46. The minimum atomic E-state index is 0.312. The number of nitrogens with one attached hydrogen (secondary N) is 1. The number of rotatable bonds is 2. The molecule has 0 atom stereocenters. The molecule has 0 amide bonds. The van der Waals surface area contributed by atoms with Gasteiger partial charge in [-0.3, -0.25) is 0 Å². The molecule has 1 aromatic carbocycles. The van der Waals surface area contributed by atoms with Crippen molar-refractivity contribution in [3.8, 4) is 0 Å². The van der Waals surface area contributed by atoms with Gasteiger partial charge in [-0.05, 0) is 24.1 Å². The summed E-state index contributed by atoms with van der Waals surface area (Å²) < 4.78 is 5.78. The van der Waals surface area contributed by atoms with Gasteiger partial charge in [0.2, 0.25) is 0 Å². The molecular formula is C15H18N2O. The molecular weight excluding hydrogens is 224 g/mol. The van der Waals surface area contributed by atoms with Crippen molar-refractivity contribution in [2.45, 2.75) is 39.5 Å². The molecule has 1 N–H and O–H groups in total. The summed E-state index contributed by atoms with van der Waals surface area (Å²) in [6, 6.07) is 6.30. The summed E-state index contributed by atoms with van der Waals surface area (Å²) in [6.07, 6.45) is 0. The van der Waals surface area contributed by atoms with E-state index in [9.17, 15) is 0 Å². The van der Waals surface area contributed by atoms with Crippen molar-refractivity contribution in [1.29, 1.82) is 0 Å². The van der Waals surface area contributed by atoms with E-state index in [1.54, 1.807) is 0 Å². The van der Waals surface area contributed by atoms with Gasteiger partial charge in [0.15, 0.2) is 11.5 Å². The lowest BCUT2D eigenvalue weighted by atomic mass is 10.1. The van der Waals surface area contributed by atoms with E-state index in [4.69, 9.17) is 4.42 Å². The van der Waals surface area contributed by atoms with Crippen LogP contribution in [-0.2, 0) is 0 Å². The van der Waals surface area contributed by atoms with Gasteiger partial charge in [0.1, 0.15) is 5.52 Å². The van der Waals surface area contributed by atoms with Crippen LogP contribution in [0.3, 0.4) is 0 Å². The Morgan fingerprint density at radius 2 is 1.89 bits per heavy atom. The van der Waals surface area contributed by atoms with Crippen LogP contribution in [0.4, 0.5) is 0 Å². The van der Waals surface area contributed by atoms with Crippen molar-refractivity contribution in [2.24, 2.45) is 0 Å². The van der Waals surface area contributed by atoms with E-state index in [2.05, 4.69) is 49.8 Å². The highest BCUT2D eigenvalue weighted by molar-refractivity contribution is 6.01. The van der Waals surface area contributed by atoms with Crippen LogP contribution < -0.4 is 0 Å². The van der Waals surface area contributed by atoms with Crippen LogP contribution in [0.15, 0.2) is 22.6 Å².